The first-order valence-electron chi connectivity index (χ1n) is 6.80. The fourth-order valence-electron chi connectivity index (χ4n) is 1.82. The average Bonchev–Trinajstić information content (AvgIpc) is 3.10. The zero-order valence-corrected chi connectivity index (χ0v) is 14.1. The van der Waals surface area contributed by atoms with Gasteiger partial charge >= 0.3 is 0 Å². The van der Waals surface area contributed by atoms with Gasteiger partial charge < -0.3 is 4.74 Å². The normalized spacial score (nSPS) is 10.2. The van der Waals surface area contributed by atoms with E-state index in [1.165, 1.54) is 24.6 Å². The van der Waals surface area contributed by atoms with Gasteiger partial charge in [0.15, 0.2) is 0 Å². The number of benzene rings is 1. The van der Waals surface area contributed by atoms with Gasteiger partial charge in [-0.05, 0) is 12.1 Å². The van der Waals surface area contributed by atoms with Crippen LogP contribution in [0, 0.1) is 0 Å². The fraction of sp³-hybridized carbons (Fsp3) is 0.0667. The molecule has 0 aliphatic rings. The number of carbonyl (C=O) groups is 1. The minimum absolute atomic E-state index is 0.216. The summed E-state index contributed by atoms with van der Waals surface area (Å²) in [6.45, 7) is 0. The molecule has 0 radical (unpaired) electrons. The van der Waals surface area contributed by atoms with Crippen molar-refractivity contribution in [3.8, 4) is 16.5 Å². The molecule has 122 valence electrons. The molecule has 1 amide bonds. The number of nitrogens with one attached hydrogen (secondary N) is 2. The van der Waals surface area contributed by atoms with Gasteiger partial charge in [0.25, 0.3) is 5.91 Å². The molecule has 2 heterocycles. The molecule has 1 aromatic carbocycles. The van der Waals surface area contributed by atoms with E-state index >= 15 is 0 Å². The lowest BCUT2D eigenvalue weighted by Gasteiger charge is -2.06. The number of anilines is 1. The van der Waals surface area contributed by atoms with Crippen LogP contribution in [0.4, 0.5) is 5.95 Å². The summed E-state index contributed by atoms with van der Waals surface area (Å²) in [6, 6.07) is 8.90. The number of hydrazine groups is 1. The third-order valence-corrected chi connectivity index (χ3v) is 4.06. The molecule has 0 fully saturated rings. The maximum Gasteiger partial charge on any atom is 0.289 e. The molecule has 3 aromatic rings. The largest absolute Gasteiger partial charge is 0.481 e. The maximum absolute atomic E-state index is 12.1. The number of rotatable bonds is 5. The highest BCUT2D eigenvalue weighted by atomic mass is 35.5. The molecule has 0 spiro atoms. The Kier molecular flexibility index (Phi) is 4.88. The lowest BCUT2D eigenvalue weighted by Crippen LogP contribution is -2.30. The van der Waals surface area contributed by atoms with Crippen molar-refractivity contribution in [1.82, 2.24) is 20.4 Å². The second-order valence-electron chi connectivity index (χ2n) is 4.55. The maximum atomic E-state index is 12.1. The Hall–Kier alpha value is -2.71. The first-order valence-corrected chi connectivity index (χ1v) is 8.06. The van der Waals surface area contributed by atoms with Crippen LogP contribution in [0.1, 0.15) is 10.5 Å². The molecule has 24 heavy (non-hydrogen) atoms. The van der Waals surface area contributed by atoms with Crippen LogP contribution in [0.3, 0.4) is 0 Å². The van der Waals surface area contributed by atoms with Crippen molar-refractivity contribution in [1.29, 1.82) is 0 Å². The van der Waals surface area contributed by atoms with Gasteiger partial charge in [-0.25, -0.2) is 9.97 Å². The first-order chi connectivity index (χ1) is 11.7. The number of halogens is 1. The molecule has 9 heteroatoms. The fourth-order valence-corrected chi connectivity index (χ4v) is 2.81. The highest BCUT2D eigenvalue weighted by Crippen LogP contribution is 2.25. The van der Waals surface area contributed by atoms with E-state index in [4.69, 9.17) is 16.3 Å². The summed E-state index contributed by atoms with van der Waals surface area (Å²) >= 11 is 7.33. The molecule has 0 unspecified atom stereocenters. The van der Waals surface area contributed by atoms with Crippen LogP contribution in [-0.4, -0.2) is 28.0 Å². The third-order valence-electron chi connectivity index (χ3n) is 2.94. The lowest BCUT2D eigenvalue weighted by molar-refractivity contribution is 0.0958. The summed E-state index contributed by atoms with van der Waals surface area (Å²) < 4.78 is 4.98. The highest BCUT2D eigenvalue weighted by Gasteiger charge is 2.12. The highest BCUT2D eigenvalue weighted by molar-refractivity contribution is 7.13. The van der Waals surface area contributed by atoms with Gasteiger partial charge in [0.2, 0.25) is 11.8 Å². The van der Waals surface area contributed by atoms with Crippen molar-refractivity contribution in [3.63, 3.8) is 0 Å². The Bertz CT molecular complexity index is 870. The number of hydrogen-bond donors (Lipinski definition) is 2. The number of ether oxygens (including phenoxy) is 1. The Morgan fingerprint density at radius 3 is 2.96 bits per heavy atom. The minimum atomic E-state index is -0.397. The average molecular weight is 362 g/mol. The molecule has 0 saturated carbocycles. The summed E-state index contributed by atoms with van der Waals surface area (Å²) in [5.41, 5.74) is 6.25. The van der Waals surface area contributed by atoms with Crippen LogP contribution in [0.5, 0.6) is 5.88 Å². The van der Waals surface area contributed by atoms with Crippen molar-refractivity contribution in [2.24, 2.45) is 0 Å². The van der Waals surface area contributed by atoms with Gasteiger partial charge in [0.1, 0.15) is 10.7 Å². The molecule has 7 nitrogen and oxygen atoms in total. The topological polar surface area (TPSA) is 89.0 Å². The van der Waals surface area contributed by atoms with Crippen molar-refractivity contribution < 1.29 is 9.53 Å². The Labute approximate surface area is 146 Å². The number of nitrogens with zero attached hydrogens (tertiary/aromatic N) is 3. The molecule has 0 aliphatic heterocycles. The quantitative estimate of drug-likeness (QED) is 0.679. The summed E-state index contributed by atoms with van der Waals surface area (Å²) in [5.74, 6) is 0.206. The van der Waals surface area contributed by atoms with Gasteiger partial charge in [-0.2, -0.15) is 4.98 Å². The first kappa shape index (κ1) is 16.2. The number of aromatic nitrogens is 3. The van der Waals surface area contributed by atoms with E-state index in [2.05, 4.69) is 25.8 Å². The predicted molar refractivity (Wildman–Crippen MR) is 92.2 cm³/mol. The van der Waals surface area contributed by atoms with Gasteiger partial charge in [0.05, 0.1) is 7.11 Å². The van der Waals surface area contributed by atoms with E-state index in [9.17, 15) is 4.79 Å². The number of amides is 1. The molecule has 2 N–H and O–H groups in total. The Balaban J connectivity index is 1.67. The zero-order valence-electron chi connectivity index (χ0n) is 12.5. The van der Waals surface area contributed by atoms with E-state index < -0.39 is 5.91 Å². The van der Waals surface area contributed by atoms with Crippen molar-refractivity contribution in [2.45, 2.75) is 0 Å². The van der Waals surface area contributed by atoms with Crippen LogP contribution >= 0.6 is 22.9 Å². The zero-order chi connectivity index (χ0) is 16.9. The van der Waals surface area contributed by atoms with E-state index in [1.807, 2.05) is 12.1 Å². The molecule has 0 saturated heterocycles. The number of carbonyl (C=O) groups excluding carboxylic acids is 1. The van der Waals surface area contributed by atoms with E-state index in [-0.39, 0.29) is 11.6 Å². The molecule has 3 rings (SSSR count). The van der Waals surface area contributed by atoms with E-state index in [0.29, 0.717) is 15.9 Å². The van der Waals surface area contributed by atoms with Gasteiger partial charge in [0, 0.05) is 28.2 Å². The monoisotopic (exact) mass is 361 g/mol. The van der Waals surface area contributed by atoms with Crippen LogP contribution in [0.15, 0.2) is 41.9 Å². The molecule has 0 bridgehead atoms. The van der Waals surface area contributed by atoms with Crippen LogP contribution in [-0.2, 0) is 0 Å². The van der Waals surface area contributed by atoms with Crippen molar-refractivity contribution in [3.05, 3.63) is 52.6 Å². The summed E-state index contributed by atoms with van der Waals surface area (Å²) in [7, 11) is 1.50. The second kappa shape index (κ2) is 7.24. The van der Waals surface area contributed by atoms with Gasteiger partial charge in [-0.15, -0.1) is 11.3 Å². The number of thiazole rings is 1. The van der Waals surface area contributed by atoms with E-state index in [0.717, 1.165) is 5.56 Å². The van der Waals surface area contributed by atoms with Crippen LogP contribution < -0.4 is 15.6 Å². The molecule has 0 aliphatic carbocycles. The Morgan fingerprint density at radius 2 is 2.17 bits per heavy atom. The van der Waals surface area contributed by atoms with E-state index in [1.54, 1.807) is 23.6 Å². The third kappa shape index (κ3) is 3.79. The van der Waals surface area contributed by atoms with Crippen molar-refractivity contribution >= 4 is 34.8 Å². The SMILES string of the molecule is COc1ccnc(NNC(=O)c2csc(-c3cccc(Cl)c3)n2)n1. The summed E-state index contributed by atoms with van der Waals surface area (Å²) in [6.07, 6.45) is 1.51. The molecule has 2 aromatic heterocycles. The van der Waals surface area contributed by atoms with Crippen LogP contribution in [0.2, 0.25) is 5.02 Å². The smallest absolute Gasteiger partial charge is 0.289 e. The minimum Gasteiger partial charge on any atom is -0.481 e. The van der Waals surface area contributed by atoms with Crippen LogP contribution in [0.25, 0.3) is 10.6 Å². The standard InChI is InChI=1S/C15H12ClN5O2S/c1-23-12-5-6-17-15(19-12)21-20-13(22)11-8-24-14(18-11)9-3-2-4-10(16)7-9/h2-8H,1H3,(H,20,22)(H,17,19,21). The molecule has 0 atom stereocenters. The van der Waals surface area contributed by atoms with Gasteiger partial charge in [-0.3, -0.25) is 15.6 Å². The summed E-state index contributed by atoms with van der Waals surface area (Å²) in [4.78, 5) is 24.4. The number of methoxy groups -OCH3 is 1. The van der Waals surface area contributed by atoms with Crippen molar-refractivity contribution in [2.75, 3.05) is 12.5 Å². The number of hydrogen-bond acceptors (Lipinski definition) is 7. The van der Waals surface area contributed by atoms with Gasteiger partial charge in [-0.1, -0.05) is 23.7 Å². The summed E-state index contributed by atoms with van der Waals surface area (Å²) in [5, 5.41) is 2.99. The molecular formula is C15H12ClN5O2S. The predicted octanol–water partition coefficient (Wildman–Crippen LogP) is 3.02. The Morgan fingerprint density at radius 1 is 1.29 bits per heavy atom. The second-order valence-corrected chi connectivity index (χ2v) is 5.84. The molecular weight excluding hydrogens is 350 g/mol. The lowest BCUT2D eigenvalue weighted by atomic mass is 10.2.